The molecule has 0 aliphatic heterocycles. The maximum Gasteiger partial charge on any atom is 0.330 e. The van der Waals surface area contributed by atoms with Gasteiger partial charge in [-0.1, -0.05) is 32.0 Å². The van der Waals surface area contributed by atoms with Gasteiger partial charge < -0.3 is 15.4 Å². The number of methoxy groups -OCH3 is 1. The zero-order valence-corrected chi connectivity index (χ0v) is 12.4. The second-order valence-electron chi connectivity index (χ2n) is 4.90. The van der Waals surface area contributed by atoms with Crippen LogP contribution in [0.25, 0.3) is 0 Å². The molecule has 5 nitrogen and oxygen atoms in total. The number of para-hydroxylation sites is 1. The monoisotopic (exact) mass is 278 g/mol. The molecule has 0 aliphatic carbocycles. The number of anilines is 1. The lowest BCUT2D eigenvalue weighted by Crippen LogP contribution is -2.45. The molecular formula is C15H22N2O3. The number of hydrogen-bond acceptors (Lipinski definition) is 4. The molecule has 1 aromatic carbocycles. The predicted octanol–water partition coefficient (Wildman–Crippen LogP) is 1.90. The van der Waals surface area contributed by atoms with Crippen molar-refractivity contribution in [3.05, 3.63) is 29.8 Å². The van der Waals surface area contributed by atoms with Crippen LogP contribution in [0.3, 0.4) is 0 Å². The van der Waals surface area contributed by atoms with Gasteiger partial charge in [-0.05, 0) is 17.5 Å². The van der Waals surface area contributed by atoms with E-state index in [1.807, 2.05) is 24.3 Å². The van der Waals surface area contributed by atoms with Crippen LogP contribution in [0.5, 0.6) is 0 Å². The first-order valence-corrected chi connectivity index (χ1v) is 6.63. The average molecular weight is 278 g/mol. The van der Waals surface area contributed by atoms with Crippen molar-refractivity contribution in [1.82, 2.24) is 5.32 Å². The third-order valence-electron chi connectivity index (χ3n) is 2.94. The van der Waals surface area contributed by atoms with Crippen molar-refractivity contribution in [1.29, 1.82) is 0 Å². The standard InChI is InChI=1S/C15H22N2O3/c1-10(2)12-7-5-6-8-13(12)16-9-14(15(19)20-4)17-11(3)18/h5-8,10,14,16H,9H2,1-4H3,(H,17,18). The highest BCUT2D eigenvalue weighted by molar-refractivity contribution is 5.83. The summed E-state index contributed by atoms with van der Waals surface area (Å²) in [5, 5.41) is 5.77. The SMILES string of the molecule is COC(=O)C(CNc1ccccc1C(C)C)NC(C)=O. The summed E-state index contributed by atoms with van der Waals surface area (Å²) < 4.78 is 4.69. The molecule has 1 unspecified atom stereocenters. The molecule has 0 spiro atoms. The molecule has 1 atom stereocenters. The van der Waals surface area contributed by atoms with Crippen LogP contribution < -0.4 is 10.6 Å². The fourth-order valence-electron chi connectivity index (χ4n) is 1.95. The van der Waals surface area contributed by atoms with E-state index in [-0.39, 0.29) is 12.5 Å². The van der Waals surface area contributed by atoms with Crippen molar-refractivity contribution < 1.29 is 14.3 Å². The Morgan fingerprint density at radius 1 is 1.25 bits per heavy atom. The summed E-state index contributed by atoms with van der Waals surface area (Å²) in [4.78, 5) is 22.7. The van der Waals surface area contributed by atoms with Crippen molar-refractivity contribution in [2.24, 2.45) is 0 Å². The van der Waals surface area contributed by atoms with E-state index in [1.54, 1.807) is 0 Å². The minimum absolute atomic E-state index is 0.264. The largest absolute Gasteiger partial charge is 0.467 e. The maximum atomic E-state index is 11.6. The summed E-state index contributed by atoms with van der Waals surface area (Å²) in [7, 11) is 1.30. The first-order chi connectivity index (χ1) is 9.45. The van der Waals surface area contributed by atoms with Crippen LogP contribution in [-0.2, 0) is 14.3 Å². The second kappa shape index (κ2) is 7.53. The van der Waals surface area contributed by atoms with Gasteiger partial charge >= 0.3 is 5.97 Å². The van der Waals surface area contributed by atoms with Crippen molar-refractivity contribution in [2.75, 3.05) is 19.0 Å². The van der Waals surface area contributed by atoms with Gasteiger partial charge in [-0.25, -0.2) is 4.79 Å². The molecule has 2 N–H and O–H groups in total. The van der Waals surface area contributed by atoms with Crippen LogP contribution in [0, 0.1) is 0 Å². The van der Waals surface area contributed by atoms with Gasteiger partial charge in [0.25, 0.3) is 0 Å². The lowest BCUT2D eigenvalue weighted by atomic mass is 10.0. The second-order valence-corrected chi connectivity index (χ2v) is 4.90. The molecule has 0 radical (unpaired) electrons. The van der Waals surface area contributed by atoms with Gasteiger partial charge in [0, 0.05) is 19.2 Å². The summed E-state index contributed by atoms with van der Waals surface area (Å²) in [5.41, 5.74) is 2.13. The molecule has 20 heavy (non-hydrogen) atoms. The van der Waals surface area contributed by atoms with Gasteiger partial charge in [-0.15, -0.1) is 0 Å². The van der Waals surface area contributed by atoms with Crippen molar-refractivity contribution >= 4 is 17.6 Å². The summed E-state index contributed by atoms with van der Waals surface area (Å²) in [6.07, 6.45) is 0. The van der Waals surface area contributed by atoms with Crippen molar-refractivity contribution in [3.8, 4) is 0 Å². The third-order valence-corrected chi connectivity index (χ3v) is 2.94. The average Bonchev–Trinajstić information content (AvgIpc) is 2.42. The number of esters is 1. The highest BCUT2D eigenvalue weighted by atomic mass is 16.5. The zero-order chi connectivity index (χ0) is 15.1. The van der Waals surface area contributed by atoms with Crippen LogP contribution in [0.2, 0.25) is 0 Å². The Morgan fingerprint density at radius 2 is 1.90 bits per heavy atom. The van der Waals surface area contributed by atoms with Gasteiger partial charge in [-0.2, -0.15) is 0 Å². The van der Waals surface area contributed by atoms with Gasteiger partial charge in [0.2, 0.25) is 5.91 Å². The molecule has 0 aromatic heterocycles. The fourth-order valence-corrected chi connectivity index (χ4v) is 1.95. The number of carbonyl (C=O) groups is 2. The number of hydrogen-bond donors (Lipinski definition) is 2. The van der Waals surface area contributed by atoms with E-state index in [9.17, 15) is 9.59 Å². The van der Waals surface area contributed by atoms with E-state index in [4.69, 9.17) is 0 Å². The molecule has 1 rings (SSSR count). The number of nitrogens with one attached hydrogen (secondary N) is 2. The van der Waals surface area contributed by atoms with E-state index in [0.717, 1.165) is 5.69 Å². The number of carbonyl (C=O) groups excluding carboxylic acids is 2. The molecule has 5 heteroatoms. The van der Waals surface area contributed by atoms with Crippen LogP contribution in [0.15, 0.2) is 24.3 Å². The Kier molecular flexibility index (Phi) is 6.03. The molecule has 110 valence electrons. The minimum Gasteiger partial charge on any atom is -0.467 e. The molecule has 0 fully saturated rings. The lowest BCUT2D eigenvalue weighted by molar-refractivity contribution is -0.144. The molecule has 0 saturated heterocycles. The molecule has 1 amide bonds. The van der Waals surface area contributed by atoms with Gasteiger partial charge in [0.05, 0.1) is 7.11 Å². The summed E-state index contributed by atoms with van der Waals surface area (Å²) >= 11 is 0. The van der Waals surface area contributed by atoms with E-state index in [0.29, 0.717) is 5.92 Å². The number of amides is 1. The van der Waals surface area contributed by atoms with Crippen molar-refractivity contribution in [3.63, 3.8) is 0 Å². The Bertz CT molecular complexity index is 472. The highest BCUT2D eigenvalue weighted by Gasteiger charge is 2.20. The first-order valence-electron chi connectivity index (χ1n) is 6.63. The van der Waals surface area contributed by atoms with E-state index in [1.165, 1.54) is 19.6 Å². The van der Waals surface area contributed by atoms with Gasteiger partial charge in [-0.3, -0.25) is 4.79 Å². The quantitative estimate of drug-likeness (QED) is 0.780. The first kappa shape index (κ1) is 16.0. The van der Waals surface area contributed by atoms with E-state index >= 15 is 0 Å². The van der Waals surface area contributed by atoms with Gasteiger partial charge in [0.1, 0.15) is 6.04 Å². The molecule has 0 saturated carbocycles. The molecule has 0 heterocycles. The Labute approximate surface area is 119 Å². The zero-order valence-electron chi connectivity index (χ0n) is 12.4. The van der Waals surface area contributed by atoms with Crippen LogP contribution in [0.4, 0.5) is 5.69 Å². The normalized spacial score (nSPS) is 11.8. The Hall–Kier alpha value is -2.04. The minimum atomic E-state index is -0.697. The van der Waals surface area contributed by atoms with Crippen LogP contribution >= 0.6 is 0 Å². The van der Waals surface area contributed by atoms with Crippen molar-refractivity contribution in [2.45, 2.75) is 32.7 Å². The molecule has 0 bridgehead atoms. The summed E-state index contributed by atoms with van der Waals surface area (Å²) in [6.45, 7) is 5.87. The predicted molar refractivity (Wildman–Crippen MR) is 78.6 cm³/mol. The van der Waals surface area contributed by atoms with E-state index in [2.05, 4.69) is 29.2 Å². The lowest BCUT2D eigenvalue weighted by Gasteiger charge is -2.19. The molecule has 0 aliphatic rings. The topological polar surface area (TPSA) is 67.4 Å². The van der Waals surface area contributed by atoms with Crippen LogP contribution in [0.1, 0.15) is 32.3 Å². The fraction of sp³-hybridized carbons (Fsp3) is 0.467. The number of ether oxygens (including phenoxy) is 1. The summed E-state index contributed by atoms with van der Waals surface area (Å²) in [5.74, 6) is -0.356. The third kappa shape index (κ3) is 4.57. The smallest absolute Gasteiger partial charge is 0.330 e. The Balaban J connectivity index is 2.77. The molecular weight excluding hydrogens is 256 g/mol. The molecule has 1 aromatic rings. The maximum absolute atomic E-state index is 11.6. The number of rotatable bonds is 6. The van der Waals surface area contributed by atoms with Crippen LogP contribution in [-0.4, -0.2) is 31.6 Å². The van der Waals surface area contributed by atoms with E-state index < -0.39 is 12.0 Å². The Morgan fingerprint density at radius 3 is 2.45 bits per heavy atom. The highest BCUT2D eigenvalue weighted by Crippen LogP contribution is 2.23. The summed E-state index contributed by atoms with van der Waals surface area (Å²) in [6, 6.07) is 7.21. The number of benzene rings is 1. The van der Waals surface area contributed by atoms with Gasteiger partial charge in [0.15, 0.2) is 0 Å².